The van der Waals surface area contributed by atoms with Gasteiger partial charge in [-0.2, -0.15) is 0 Å². The Labute approximate surface area is 112 Å². The molecule has 1 aromatic carbocycles. The average Bonchev–Trinajstić information content (AvgIpc) is 2.73. The van der Waals surface area contributed by atoms with Crippen LogP contribution in [0.3, 0.4) is 0 Å². The van der Waals surface area contributed by atoms with Gasteiger partial charge in [-0.1, -0.05) is 6.07 Å². The zero-order chi connectivity index (χ0) is 13.5. The lowest BCUT2D eigenvalue weighted by molar-refractivity contribution is -0.150. The number of hydrogen-bond donors (Lipinski definition) is 2. The number of benzene rings is 1. The van der Waals surface area contributed by atoms with Gasteiger partial charge in [0.05, 0.1) is 0 Å². The van der Waals surface area contributed by atoms with Gasteiger partial charge in [0.25, 0.3) is 0 Å². The first-order chi connectivity index (χ1) is 9.08. The predicted molar refractivity (Wildman–Crippen MR) is 69.0 cm³/mol. The molecule has 3 rings (SSSR count). The Morgan fingerprint density at radius 3 is 2.47 bits per heavy atom. The Morgan fingerprint density at radius 1 is 1.16 bits per heavy atom. The molecule has 2 fully saturated rings. The second-order valence-electron chi connectivity index (χ2n) is 5.67. The number of carbonyl (C=O) groups is 1. The lowest BCUT2D eigenvalue weighted by Gasteiger charge is -2.36. The second-order valence-corrected chi connectivity index (χ2v) is 5.67. The summed E-state index contributed by atoms with van der Waals surface area (Å²) in [6.45, 7) is 0. The average molecular weight is 262 g/mol. The summed E-state index contributed by atoms with van der Waals surface area (Å²) in [5.41, 5.74) is 0.650. The molecule has 0 amide bonds. The van der Waals surface area contributed by atoms with Crippen molar-refractivity contribution >= 4 is 5.97 Å². The van der Waals surface area contributed by atoms with Crippen LogP contribution in [0.5, 0.6) is 11.5 Å². The van der Waals surface area contributed by atoms with E-state index in [1.165, 1.54) is 6.07 Å². The summed E-state index contributed by atoms with van der Waals surface area (Å²) in [6.07, 6.45) is 4.92. The van der Waals surface area contributed by atoms with Crippen molar-refractivity contribution in [2.45, 2.75) is 50.0 Å². The van der Waals surface area contributed by atoms with Crippen LogP contribution in [0.1, 0.15) is 50.0 Å². The van der Waals surface area contributed by atoms with Gasteiger partial charge in [-0.15, -0.1) is 0 Å². The van der Waals surface area contributed by atoms with Crippen molar-refractivity contribution < 1.29 is 19.7 Å². The van der Waals surface area contributed by atoms with E-state index in [0.29, 0.717) is 6.42 Å². The van der Waals surface area contributed by atoms with Crippen molar-refractivity contribution in [3.63, 3.8) is 0 Å². The molecule has 19 heavy (non-hydrogen) atoms. The lowest BCUT2D eigenvalue weighted by atomic mass is 9.75. The molecule has 4 heteroatoms. The normalized spacial score (nSPS) is 30.5. The maximum atomic E-state index is 11.3. The molecule has 4 nitrogen and oxygen atoms in total. The Kier molecular flexibility index (Phi) is 2.88. The first kappa shape index (κ1) is 12.3. The highest BCUT2D eigenvalue weighted by molar-refractivity contribution is 5.72. The zero-order valence-corrected chi connectivity index (χ0v) is 10.8. The summed E-state index contributed by atoms with van der Waals surface area (Å²) in [5, 5.41) is 19.2. The number of phenols is 2. The fourth-order valence-corrected chi connectivity index (χ4v) is 3.36. The quantitative estimate of drug-likeness (QED) is 0.764. The Bertz CT molecular complexity index is 501. The lowest BCUT2D eigenvalue weighted by Crippen LogP contribution is -2.33. The molecule has 1 saturated heterocycles. The highest BCUT2D eigenvalue weighted by Gasteiger charge is 2.43. The zero-order valence-electron chi connectivity index (χ0n) is 10.8. The Morgan fingerprint density at radius 2 is 1.89 bits per heavy atom. The van der Waals surface area contributed by atoms with E-state index < -0.39 is 0 Å². The Hall–Kier alpha value is -1.71. The highest BCUT2D eigenvalue weighted by Crippen LogP contribution is 2.46. The minimum absolute atomic E-state index is 0.0778. The van der Waals surface area contributed by atoms with Crippen molar-refractivity contribution in [1.82, 2.24) is 0 Å². The van der Waals surface area contributed by atoms with Crippen LogP contribution in [0.25, 0.3) is 0 Å². The molecule has 0 atom stereocenters. The molecule has 1 heterocycles. The maximum Gasteiger partial charge on any atom is 0.306 e. The maximum absolute atomic E-state index is 11.3. The summed E-state index contributed by atoms with van der Waals surface area (Å²) in [6, 6.07) is 4.78. The molecule has 0 aromatic heterocycles. The van der Waals surface area contributed by atoms with Crippen LogP contribution in [-0.4, -0.2) is 21.8 Å². The van der Waals surface area contributed by atoms with Crippen molar-refractivity contribution in [2.75, 3.05) is 0 Å². The number of phenolic OH excluding ortho intramolecular Hbond substituents is 2. The number of aromatic hydroxyl groups is 2. The largest absolute Gasteiger partial charge is 0.508 e. The van der Waals surface area contributed by atoms with E-state index in [1.54, 1.807) is 12.1 Å². The fourth-order valence-electron chi connectivity index (χ4n) is 3.36. The summed E-state index contributed by atoms with van der Waals surface area (Å²) in [4.78, 5) is 11.3. The third kappa shape index (κ3) is 2.27. The molecular weight excluding hydrogens is 244 g/mol. The van der Waals surface area contributed by atoms with E-state index in [4.69, 9.17) is 4.74 Å². The molecule has 1 spiro atoms. The van der Waals surface area contributed by atoms with Crippen LogP contribution < -0.4 is 0 Å². The van der Waals surface area contributed by atoms with Gasteiger partial charge in [0.1, 0.15) is 17.1 Å². The van der Waals surface area contributed by atoms with Crippen molar-refractivity contribution in [2.24, 2.45) is 0 Å². The van der Waals surface area contributed by atoms with Crippen molar-refractivity contribution in [3.8, 4) is 11.5 Å². The summed E-state index contributed by atoms with van der Waals surface area (Å²) < 4.78 is 5.48. The van der Waals surface area contributed by atoms with Crippen LogP contribution in [0.15, 0.2) is 18.2 Å². The van der Waals surface area contributed by atoms with Gasteiger partial charge >= 0.3 is 5.97 Å². The van der Waals surface area contributed by atoms with Crippen molar-refractivity contribution in [3.05, 3.63) is 23.8 Å². The minimum Gasteiger partial charge on any atom is -0.508 e. The van der Waals surface area contributed by atoms with E-state index in [-0.39, 0.29) is 29.0 Å². The van der Waals surface area contributed by atoms with Gasteiger partial charge in [-0.25, -0.2) is 0 Å². The van der Waals surface area contributed by atoms with Gasteiger partial charge in [0, 0.05) is 12.5 Å². The number of carbonyl (C=O) groups excluding carboxylic acids is 1. The molecular formula is C15H18O4. The van der Waals surface area contributed by atoms with Gasteiger partial charge in [-0.3, -0.25) is 4.79 Å². The Balaban J connectivity index is 1.71. The highest BCUT2D eigenvalue weighted by atomic mass is 16.6. The third-order valence-corrected chi connectivity index (χ3v) is 4.47. The number of esters is 1. The molecule has 0 unspecified atom stereocenters. The summed E-state index contributed by atoms with van der Waals surface area (Å²) >= 11 is 0. The molecule has 2 N–H and O–H groups in total. The van der Waals surface area contributed by atoms with Gasteiger partial charge in [0.2, 0.25) is 0 Å². The second kappa shape index (κ2) is 4.44. The van der Waals surface area contributed by atoms with Crippen molar-refractivity contribution in [1.29, 1.82) is 0 Å². The topological polar surface area (TPSA) is 66.8 Å². The molecule has 102 valence electrons. The van der Waals surface area contributed by atoms with Gasteiger partial charge in [-0.05, 0) is 49.7 Å². The molecule has 0 bridgehead atoms. The molecule has 1 aliphatic heterocycles. The van der Waals surface area contributed by atoms with Gasteiger partial charge < -0.3 is 14.9 Å². The minimum atomic E-state index is -0.236. The number of ether oxygens (including phenoxy) is 1. The first-order valence-electron chi connectivity index (χ1n) is 6.82. The van der Waals surface area contributed by atoms with Gasteiger partial charge in [0.15, 0.2) is 0 Å². The SMILES string of the molecule is O=C1CCC2(CCC(c3ccc(O)cc3O)CC2)O1. The van der Waals surface area contributed by atoms with Crippen LogP contribution >= 0.6 is 0 Å². The van der Waals surface area contributed by atoms with E-state index in [0.717, 1.165) is 37.7 Å². The summed E-state index contributed by atoms with van der Waals surface area (Å²) in [7, 11) is 0. The number of hydrogen-bond acceptors (Lipinski definition) is 4. The monoisotopic (exact) mass is 262 g/mol. The predicted octanol–water partition coefficient (Wildman–Crippen LogP) is 2.83. The third-order valence-electron chi connectivity index (χ3n) is 4.47. The number of rotatable bonds is 1. The standard InChI is InChI=1S/C15H18O4/c16-11-1-2-12(13(17)9-11)10-3-6-15(7-4-10)8-5-14(18)19-15/h1-2,9-10,16-17H,3-8H2. The summed E-state index contributed by atoms with van der Waals surface area (Å²) in [5.74, 6) is 0.444. The van der Waals surface area contributed by atoms with E-state index in [1.807, 2.05) is 0 Å². The fraction of sp³-hybridized carbons (Fsp3) is 0.533. The van der Waals surface area contributed by atoms with E-state index in [2.05, 4.69) is 0 Å². The first-order valence-corrected chi connectivity index (χ1v) is 6.82. The van der Waals surface area contributed by atoms with Crippen LogP contribution in [0.2, 0.25) is 0 Å². The molecule has 1 aromatic rings. The molecule has 1 saturated carbocycles. The molecule has 2 aliphatic rings. The van der Waals surface area contributed by atoms with E-state index >= 15 is 0 Å². The van der Waals surface area contributed by atoms with Crippen LogP contribution in [0, 0.1) is 0 Å². The van der Waals surface area contributed by atoms with E-state index in [9.17, 15) is 15.0 Å². The molecule has 1 aliphatic carbocycles. The molecule has 0 radical (unpaired) electrons. The van der Waals surface area contributed by atoms with Crippen LogP contribution in [-0.2, 0) is 9.53 Å². The van der Waals surface area contributed by atoms with Crippen LogP contribution in [0.4, 0.5) is 0 Å². The smallest absolute Gasteiger partial charge is 0.306 e.